The van der Waals surface area contributed by atoms with E-state index in [0.717, 1.165) is 41.7 Å². The smallest absolute Gasteiger partial charge is 0.256 e. The second kappa shape index (κ2) is 8.56. The highest BCUT2D eigenvalue weighted by Crippen LogP contribution is 2.30. The highest BCUT2D eigenvalue weighted by molar-refractivity contribution is 7.09. The van der Waals surface area contributed by atoms with Gasteiger partial charge in [-0.15, -0.1) is 11.3 Å². The first-order valence-electron chi connectivity index (χ1n) is 8.93. The van der Waals surface area contributed by atoms with E-state index in [1.54, 1.807) is 11.8 Å². The third-order valence-electron chi connectivity index (χ3n) is 4.57. The van der Waals surface area contributed by atoms with E-state index in [4.69, 9.17) is 0 Å². The molecule has 1 aliphatic heterocycles. The van der Waals surface area contributed by atoms with Crippen LogP contribution < -0.4 is 5.32 Å². The molecule has 1 aromatic carbocycles. The molecular formula is C19H21F2N3O2S. The van der Waals surface area contributed by atoms with Crippen molar-refractivity contribution < 1.29 is 18.4 Å². The van der Waals surface area contributed by atoms with Crippen LogP contribution in [-0.2, 0) is 11.3 Å². The number of halogens is 2. The number of nitrogens with zero attached hydrogens (tertiary/aromatic N) is 2. The third kappa shape index (κ3) is 4.68. The molecule has 0 aliphatic carbocycles. The molecule has 1 unspecified atom stereocenters. The van der Waals surface area contributed by atoms with Crippen LogP contribution >= 0.6 is 11.3 Å². The van der Waals surface area contributed by atoms with Crippen molar-refractivity contribution >= 4 is 23.2 Å². The predicted molar refractivity (Wildman–Crippen MR) is 98.5 cm³/mol. The van der Waals surface area contributed by atoms with Crippen LogP contribution in [0.2, 0.25) is 0 Å². The van der Waals surface area contributed by atoms with E-state index in [0.29, 0.717) is 26.1 Å². The van der Waals surface area contributed by atoms with Gasteiger partial charge < -0.3 is 10.2 Å². The molecule has 8 heteroatoms. The summed E-state index contributed by atoms with van der Waals surface area (Å²) in [7, 11) is 0. The topological polar surface area (TPSA) is 62.3 Å². The lowest BCUT2D eigenvalue weighted by Crippen LogP contribution is -2.39. The van der Waals surface area contributed by atoms with E-state index < -0.39 is 17.5 Å². The summed E-state index contributed by atoms with van der Waals surface area (Å²) < 4.78 is 27.3. The molecule has 2 heterocycles. The van der Waals surface area contributed by atoms with Gasteiger partial charge in [-0.2, -0.15) is 0 Å². The lowest BCUT2D eigenvalue weighted by molar-refractivity contribution is -0.120. The first-order valence-corrected chi connectivity index (χ1v) is 9.81. The Morgan fingerprint density at radius 2 is 2.19 bits per heavy atom. The number of nitrogens with one attached hydrogen (secondary N) is 1. The second-order valence-corrected chi connectivity index (χ2v) is 7.41. The molecular weight excluding hydrogens is 372 g/mol. The van der Waals surface area contributed by atoms with E-state index in [1.807, 2.05) is 5.38 Å². The van der Waals surface area contributed by atoms with Gasteiger partial charge in [0, 0.05) is 30.8 Å². The molecule has 0 radical (unpaired) electrons. The van der Waals surface area contributed by atoms with E-state index in [2.05, 4.69) is 10.3 Å². The SMILES string of the molecule is CCC(=O)NCc1csc(C2CCCN(C(=O)c3cc(F)ccc3F)C2)n1. The predicted octanol–water partition coefficient (Wildman–Crippen LogP) is 3.47. The molecule has 1 N–H and O–H groups in total. The number of carbonyl (C=O) groups excluding carboxylic acids is 2. The summed E-state index contributed by atoms with van der Waals surface area (Å²) in [6.45, 7) is 3.10. The van der Waals surface area contributed by atoms with Crippen molar-refractivity contribution in [3.8, 4) is 0 Å². The number of benzene rings is 1. The van der Waals surface area contributed by atoms with Crippen LogP contribution in [0.25, 0.3) is 0 Å². The maximum absolute atomic E-state index is 13.9. The molecule has 0 spiro atoms. The summed E-state index contributed by atoms with van der Waals surface area (Å²) in [5, 5.41) is 5.59. The van der Waals surface area contributed by atoms with Crippen LogP contribution in [0.15, 0.2) is 23.6 Å². The molecule has 1 atom stereocenters. The van der Waals surface area contributed by atoms with Gasteiger partial charge in [-0.25, -0.2) is 13.8 Å². The van der Waals surface area contributed by atoms with Crippen molar-refractivity contribution in [2.24, 2.45) is 0 Å². The van der Waals surface area contributed by atoms with Crippen molar-refractivity contribution in [2.45, 2.75) is 38.6 Å². The van der Waals surface area contributed by atoms with Crippen molar-refractivity contribution in [2.75, 3.05) is 13.1 Å². The minimum absolute atomic E-state index is 0.0314. The molecule has 3 rings (SSSR count). The van der Waals surface area contributed by atoms with E-state index in [-0.39, 0.29) is 17.4 Å². The lowest BCUT2D eigenvalue weighted by atomic mass is 9.98. The Hall–Kier alpha value is -2.35. The van der Waals surface area contributed by atoms with Crippen LogP contribution in [0.4, 0.5) is 8.78 Å². The van der Waals surface area contributed by atoms with Gasteiger partial charge in [-0.3, -0.25) is 9.59 Å². The summed E-state index contributed by atoms with van der Waals surface area (Å²) in [6.07, 6.45) is 2.08. The van der Waals surface area contributed by atoms with E-state index in [9.17, 15) is 18.4 Å². The number of thiazole rings is 1. The standard InChI is InChI=1S/C19H21F2N3O2S/c1-2-17(25)22-9-14-11-27-18(23-14)12-4-3-7-24(10-12)19(26)15-8-13(20)5-6-16(15)21/h5-6,8,11-12H,2-4,7,9-10H2,1H3,(H,22,25). The summed E-state index contributed by atoms with van der Waals surface area (Å²) in [5.74, 6) is -1.82. The van der Waals surface area contributed by atoms with Crippen LogP contribution in [-0.4, -0.2) is 34.8 Å². The van der Waals surface area contributed by atoms with Crippen molar-refractivity contribution in [3.05, 3.63) is 51.5 Å². The van der Waals surface area contributed by atoms with Crippen LogP contribution in [0.5, 0.6) is 0 Å². The third-order valence-corrected chi connectivity index (χ3v) is 5.63. The minimum Gasteiger partial charge on any atom is -0.350 e. The first-order chi connectivity index (χ1) is 13.0. The Morgan fingerprint density at radius 3 is 2.96 bits per heavy atom. The lowest BCUT2D eigenvalue weighted by Gasteiger charge is -2.32. The summed E-state index contributed by atoms with van der Waals surface area (Å²) in [4.78, 5) is 30.1. The number of hydrogen-bond acceptors (Lipinski definition) is 4. The molecule has 0 bridgehead atoms. The maximum atomic E-state index is 13.9. The van der Waals surface area contributed by atoms with Gasteiger partial charge in [0.15, 0.2) is 0 Å². The Kier molecular flexibility index (Phi) is 6.15. The number of piperidine rings is 1. The fourth-order valence-electron chi connectivity index (χ4n) is 3.10. The Bertz CT molecular complexity index is 840. The zero-order chi connectivity index (χ0) is 19.4. The van der Waals surface area contributed by atoms with E-state index in [1.165, 1.54) is 11.3 Å². The zero-order valence-electron chi connectivity index (χ0n) is 15.0. The summed E-state index contributed by atoms with van der Waals surface area (Å²) in [6, 6.07) is 2.92. The summed E-state index contributed by atoms with van der Waals surface area (Å²) in [5.41, 5.74) is 0.550. The number of carbonyl (C=O) groups is 2. The van der Waals surface area contributed by atoms with Crippen molar-refractivity contribution in [1.29, 1.82) is 0 Å². The van der Waals surface area contributed by atoms with Gasteiger partial charge >= 0.3 is 0 Å². The average Bonchev–Trinajstić information content (AvgIpc) is 3.16. The number of rotatable bonds is 5. The number of likely N-dealkylation sites (tertiary alicyclic amines) is 1. The molecule has 2 amide bonds. The van der Waals surface area contributed by atoms with Gasteiger partial charge in [0.1, 0.15) is 11.6 Å². The maximum Gasteiger partial charge on any atom is 0.256 e. The fourth-order valence-corrected chi connectivity index (χ4v) is 4.05. The Balaban J connectivity index is 1.67. The Morgan fingerprint density at radius 1 is 1.37 bits per heavy atom. The number of hydrogen-bond donors (Lipinski definition) is 1. The largest absolute Gasteiger partial charge is 0.350 e. The number of amides is 2. The van der Waals surface area contributed by atoms with Gasteiger partial charge in [0.05, 0.1) is 22.8 Å². The van der Waals surface area contributed by atoms with Crippen LogP contribution in [0.1, 0.15) is 53.2 Å². The van der Waals surface area contributed by atoms with Crippen molar-refractivity contribution in [3.63, 3.8) is 0 Å². The molecule has 27 heavy (non-hydrogen) atoms. The summed E-state index contributed by atoms with van der Waals surface area (Å²) >= 11 is 1.50. The monoisotopic (exact) mass is 393 g/mol. The van der Waals surface area contributed by atoms with Crippen LogP contribution in [0.3, 0.4) is 0 Å². The molecule has 2 aromatic rings. The minimum atomic E-state index is -0.716. The molecule has 5 nitrogen and oxygen atoms in total. The zero-order valence-corrected chi connectivity index (χ0v) is 15.8. The van der Waals surface area contributed by atoms with Gasteiger partial charge in [-0.1, -0.05) is 6.92 Å². The first kappa shape index (κ1) is 19.4. The quantitative estimate of drug-likeness (QED) is 0.846. The highest BCUT2D eigenvalue weighted by atomic mass is 32.1. The normalized spacial score (nSPS) is 17.0. The molecule has 1 fully saturated rings. The van der Waals surface area contributed by atoms with E-state index >= 15 is 0 Å². The molecule has 1 saturated heterocycles. The highest BCUT2D eigenvalue weighted by Gasteiger charge is 2.28. The van der Waals surface area contributed by atoms with Gasteiger partial charge in [-0.05, 0) is 31.0 Å². The number of aromatic nitrogens is 1. The Labute approximate surface area is 160 Å². The van der Waals surface area contributed by atoms with Gasteiger partial charge in [0.25, 0.3) is 5.91 Å². The molecule has 0 saturated carbocycles. The average molecular weight is 393 g/mol. The van der Waals surface area contributed by atoms with Crippen molar-refractivity contribution in [1.82, 2.24) is 15.2 Å². The molecule has 144 valence electrons. The fraction of sp³-hybridized carbons (Fsp3) is 0.421. The van der Waals surface area contributed by atoms with Gasteiger partial charge in [0.2, 0.25) is 5.91 Å². The molecule has 1 aliphatic rings. The van der Waals surface area contributed by atoms with Crippen LogP contribution in [0, 0.1) is 11.6 Å². The molecule has 1 aromatic heterocycles. The second-order valence-electron chi connectivity index (χ2n) is 6.52.